The zero-order valence-corrected chi connectivity index (χ0v) is 10.3. The summed E-state index contributed by atoms with van der Waals surface area (Å²) in [5.74, 6) is -1.26. The van der Waals surface area contributed by atoms with Crippen LogP contribution >= 0.6 is 0 Å². The van der Waals surface area contributed by atoms with Crippen LogP contribution in [-0.4, -0.2) is 25.7 Å². The van der Waals surface area contributed by atoms with Crippen molar-refractivity contribution in [3.8, 4) is 0 Å². The number of carboxylic acid groups (broad SMARTS) is 1. The second-order valence-electron chi connectivity index (χ2n) is 3.85. The van der Waals surface area contributed by atoms with Crippen LogP contribution in [-0.2, 0) is 9.84 Å². The number of hydrogen-bond acceptors (Lipinski definition) is 5. The average Bonchev–Trinajstić information content (AvgIpc) is 2.13. The lowest BCUT2D eigenvalue weighted by Gasteiger charge is -2.16. The van der Waals surface area contributed by atoms with Gasteiger partial charge in [-0.1, -0.05) is 0 Å². The van der Waals surface area contributed by atoms with Gasteiger partial charge < -0.3 is 16.6 Å². The lowest BCUT2D eigenvalue weighted by molar-refractivity contribution is 0.0696. The molecule has 17 heavy (non-hydrogen) atoms. The molecule has 7 heteroatoms. The van der Waals surface area contributed by atoms with Gasteiger partial charge in [-0.15, -0.1) is 0 Å². The summed E-state index contributed by atoms with van der Waals surface area (Å²) in [4.78, 5) is 11.1. The molecule has 1 aromatic carbocycles. The van der Waals surface area contributed by atoms with Crippen LogP contribution in [0.4, 0.5) is 11.4 Å². The number of benzene rings is 1. The Balaban J connectivity index is 3.57. The number of hydrogen-bond donors (Lipinski definition) is 3. The molecule has 5 N–H and O–H groups in total. The predicted octanol–water partition coefficient (Wildman–Crippen LogP) is 0.655. The maximum Gasteiger partial charge on any atom is 0.336 e. The van der Waals surface area contributed by atoms with E-state index in [1.165, 1.54) is 19.1 Å². The highest BCUT2D eigenvalue weighted by Crippen LogP contribution is 2.31. The number of aromatic carboxylic acids is 1. The van der Waals surface area contributed by atoms with Gasteiger partial charge in [0.2, 0.25) is 0 Å². The Hall–Kier alpha value is -1.76. The van der Waals surface area contributed by atoms with Crippen LogP contribution in [0.15, 0.2) is 12.1 Å². The first kappa shape index (κ1) is 13.3. The van der Waals surface area contributed by atoms with E-state index in [0.717, 1.165) is 6.26 Å². The van der Waals surface area contributed by atoms with E-state index in [1.807, 2.05) is 0 Å². The molecule has 0 aliphatic rings. The first-order chi connectivity index (χ1) is 7.64. The summed E-state index contributed by atoms with van der Waals surface area (Å²) in [5, 5.41) is 8.03. The van der Waals surface area contributed by atoms with E-state index >= 15 is 0 Å². The number of carboxylic acids is 1. The van der Waals surface area contributed by atoms with Crippen LogP contribution in [0.5, 0.6) is 0 Å². The molecule has 1 rings (SSSR count). The topological polar surface area (TPSA) is 123 Å². The maximum atomic E-state index is 11.5. The van der Waals surface area contributed by atoms with Crippen molar-refractivity contribution >= 4 is 27.2 Å². The summed E-state index contributed by atoms with van der Waals surface area (Å²) in [5.41, 5.74) is 11.3. The summed E-state index contributed by atoms with van der Waals surface area (Å²) < 4.78 is 22.9. The van der Waals surface area contributed by atoms with Gasteiger partial charge in [0, 0.05) is 23.2 Å². The molecule has 1 atom stereocenters. The minimum Gasteiger partial charge on any atom is -0.478 e. The Morgan fingerprint density at radius 1 is 1.35 bits per heavy atom. The molecule has 0 spiro atoms. The Bertz CT molecular complexity index is 566. The SMILES string of the molecule is CC(c1c(N)cc(N)cc1C(=O)O)S(C)(=O)=O. The second kappa shape index (κ2) is 4.25. The van der Waals surface area contributed by atoms with Crippen molar-refractivity contribution in [3.63, 3.8) is 0 Å². The second-order valence-corrected chi connectivity index (χ2v) is 6.21. The van der Waals surface area contributed by atoms with Crippen LogP contribution < -0.4 is 11.5 Å². The molecule has 6 nitrogen and oxygen atoms in total. The first-order valence-corrected chi connectivity index (χ1v) is 6.71. The molecule has 0 aromatic heterocycles. The molecule has 0 bridgehead atoms. The van der Waals surface area contributed by atoms with Crippen LogP contribution in [0.3, 0.4) is 0 Å². The van der Waals surface area contributed by atoms with E-state index in [4.69, 9.17) is 16.6 Å². The number of anilines is 2. The van der Waals surface area contributed by atoms with Gasteiger partial charge in [0.15, 0.2) is 9.84 Å². The smallest absolute Gasteiger partial charge is 0.336 e. The number of rotatable bonds is 3. The van der Waals surface area contributed by atoms with Gasteiger partial charge in [-0.25, -0.2) is 13.2 Å². The molecule has 0 heterocycles. The molecule has 94 valence electrons. The summed E-state index contributed by atoms with van der Waals surface area (Å²) >= 11 is 0. The van der Waals surface area contributed by atoms with Crippen molar-refractivity contribution in [1.82, 2.24) is 0 Å². The fourth-order valence-electron chi connectivity index (χ4n) is 1.54. The van der Waals surface area contributed by atoms with Crippen LogP contribution in [0, 0.1) is 0 Å². The Kier molecular flexibility index (Phi) is 3.33. The monoisotopic (exact) mass is 258 g/mol. The van der Waals surface area contributed by atoms with Crippen LogP contribution in [0.1, 0.15) is 28.1 Å². The van der Waals surface area contributed by atoms with Crippen molar-refractivity contribution < 1.29 is 18.3 Å². The third-order valence-electron chi connectivity index (χ3n) is 2.51. The summed E-state index contributed by atoms with van der Waals surface area (Å²) in [6.45, 7) is 1.39. The quantitative estimate of drug-likeness (QED) is 0.684. The Morgan fingerprint density at radius 3 is 2.29 bits per heavy atom. The highest BCUT2D eigenvalue weighted by Gasteiger charge is 2.25. The minimum atomic E-state index is -3.43. The van der Waals surface area contributed by atoms with Gasteiger partial charge in [0.1, 0.15) is 0 Å². The van der Waals surface area contributed by atoms with Crippen molar-refractivity contribution in [3.05, 3.63) is 23.3 Å². The summed E-state index contributed by atoms with van der Waals surface area (Å²) in [6, 6.07) is 2.55. The fraction of sp³-hybridized carbons (Fsp3) is 0.300. The van der Waals surface area contributed by atoms with Crippen LogP contribution in [0.25, 0.3) is 0 Å². The average molecular weight is 258 g/mol. The lowest BCUT2D eigenvalue weighted by atomic mass is 10.0. The third-order valence-corrected chi connectivity index (χ3v) is 4.03. The molecule has 1 aromatic rings. The lowest BCUT2D eigenvalue weighted by Crippen LogP contribution is -2.15. The Labute approximate surface area is 99.2 Å². The maximum absolute atomic E-state index is 11.5. The van der Waals surface area contributed by atoms with Gasteiger partial charge >= 0.3 is 5.97 Å². The van der Waals surface area contributed by atoms with Crippen molar-refractivity contribution in [2.24, 2.45) is 0 Å². The van der Waals surface area contributed by atoms with Crippen molar-refractivity contribution in [2.45, 2.75) is 12.2 Å². The van der Waals surface area contributed by atoms with Gasteiger partial charge in [-0.3, -0.25) is 0 Å². The van der Waals surface area contributed by atoms with Crippen LogP contribution in [0.2, 0.25) is 0 Å². The first-order valence-electron chi connectivity index (χ1n) is 4.75. The summed E-state index contributed by atoms with van der Waals surface area (Å²) in [6.07, 6.45) is 1.03. The number of sulfone groups is 1. The van der Waals surface area contributed by atoms with Gasteiger partial charge in [-0.05, 0) is 19.1 Å². The molecule has 0 amide bonds. The highest BCUT2D eigenvalue weighted by molar-refractivity contribution is 7.90. The number of carbonyl (C=O) groups is 1. The molecule has 0 saturated carbocycles. The number of nitrogens with two attached hydrogens (primary N) is 2. The number of nitrogen functional groups attached to an aromatic ring is 2. The van der Waals surface area contributed by atoms with Gasteiger partial charge in [0.25, 0.3) is 0 Å². The molecular formula is C10H14N2O4S. The van der Waals surface area contributed by atoms with Gasteiger partial charge in [0.05, 0.1) is 10.8 Å². The highest BCUT2D eigenvalue weighted by atomic mass is 32.2. The van der Waals surface area contributed by atoms with Crippen molar-refractivity contribution in [2.75, 3.05) is 17.7 Å². The molecule has 0 aliphatic carbocycles. The molecule has 0 aliphatic heterocycles. The van der Waals surface area contributed by atoms with E-state index in [9.17, 15) is 13.2 Å². The zero-order valence-electron chi connectivity index (χ0n) is 9.47. The third kappa shape index (κ3) is 2.68. The van der Waals surface area contributed by atoms with Gasteiger partial charge in [-0.2, -0.15) is 0 Å². The minimum absolute atomic E-state index is 0.0697. The standard InChI is InChI=1S/C10H14N2O4S/c1-5(17(2,15)16)9-7(10(13)14)3-6(11)4-8(9)12/h3-5H,11-12H2,1-2H3,(H,13,14). The largest absolute Gasteiger partial charge is 0.478 e. The summed E-state index contributed by atoms with van der Waals surface area (Å²) in [7, 11) is -3.43. The molecular weight excluding hydrogens is 244 g/mol. The molecule has 0 saturated heterocycles. The predicted molar refractivity (Wildman–Crippen MR) is 65.5 cm³/mol. The van der Waals surface area contributed by atoms with E-state index in [2.05, 4.69) is 0 Å². The van der Waals surface area contributed by atoms with Crippen molar-refractivity contribution in [1.29, 1.82) is 0 Å². The molecule has 0 radical (unpaired) electrons. The van der Waals surface area contributed by atoms with E-state index < -0.39 is 21.1 Å². The van der Waals surface area contributed by atoms with E-state index in [0.29, 0.717) is 0 Å². The normalized spacial score (nSPS) is 13.3. The molecule has 0 fully saturated rings. The van der Waals surface area contributed by atoms with E-state index in [1.54, 1.807) is 0 Å². The molecule has 1 unspecified atom stereocenters. The van der Waals surface area contributed by atoms with E-state index in [-0.39, 0.29) is 22.5 Å². The fourth-order valence-corrected chi connectivity index (χ4v) is 2.23. The Morgan fingerprint density at radius 2 is 1.88 bits per heavy atom. The zero-order chi connectivity index (χ0) is 13.4.